The minimum atomic E-state index is -0.273. The largest absolute Gasteiger partial charge is 0.338 e. The zero-order valence-electron chi connectivity index (χ0n) is 7.70. The van der Waals surface area contributed by atoms with Gasteiger partial charge < -0.3 is 9.84 Å². The fourth-order valence-corrected chi connectivity index (χ4v) is 0.733. The Balaban J connectivity index is 2.26. The highest BCUT2D eigenvalue weighted by molar-refractivity contribution is 5.87. The summed E-state index contributed by atoms with van der Waals surface area (Å²) in [5.74, 6) is 0.779. The molecular weight excluding hydrogens is 170 g/mol. The van der Waals surface area contributed by atoms with Gasteiger partial charge in [0.2, 0.25) is 5.88 Å². The zero-order chi connectivity index (χ0) is 9.68. The molecule has 2 amide bonds. The Labute approximate surface area is 76.5 Å². The summed E-state index contributed by atoms with van der Waals surface area (Å²) in [6.07, 6.45) is 1.47. The smallest absolute Gasteiger partial charge is 0.321 e. The summed E-state index contributed by atoms with van der Waals surface area (Å²) in [6.45, 7) is 4.68. The summed E-state index contributed by atoms with van der Waals surface area (Å²) in [5, 5.41) is 8.63. The first-order chi connectivity index (χ1) is 6.18. The Morgan fingerprint density at radius 1 is 1.69 bits per heavy atom. The minimum absolute atomic E-state index is 0.273. The number of hydrogen-bond acceptors (Lipinski definition) is 3. The third-order valence-corrected chi connectivity index (χ3v) is 1.35. The Morgan fingerprint density at radius 2 is 2.46 bits per heavy atom. The SMILES string of the molecule is CC(C)CNC(=O)Nc1ccno1. The van der Waals surface area contributed by atoms with E-state index < -0.39 is 0 Å². The number of rotatable bonds is 3. The van der Waals surface area contributed by atoms with E-state index in [1.54, 1.807) is 6.07 Å². The van der Waals surface area contributed by atoms with Crippen molar-refractivity contribution >= 4 is 11.9 Å². The van der Waals surface area contributed by atoms with Gasteiger partial charge in [0.25, 0.3) is 0 Å². The molecule has 0 radical (unpaired) electrons. The molecule has 1 aromatic rings. The number of nitrogens with zero attached hydrogens (tertiary/aromatic N) is 1. The van der Waals surface area contributed by atoms with Crippen LogP contribution in [0.25, 0.3) is 0 Å². The molecule has 13 heavy (non-hydrogen) atoms. The number of hydrogen-bond donors (Lipinski definition) is 2. The molecule has 0 saturated heterocycles. The maximum Gasteiger partial charge on any atom is 0.321 e. The standard InChI is InChI=1S/C8H13N3O2/c1-6(2)5-9-8(12)11-7-3-4-10-13-7/h3-4,6H,5H2,1-2H3,(H2,9,11,12). The van der Waals surface area contributed by atoms with Gasteiger partial charge in [-0.1, -0.05) is 19.0 Å². The van der Waals surface area contributed by atoms with Crippen LogP contribution in [0.3, 0.4) is 0 Å². The van der Waals surface area contributed by atoms with E-state index in [0.29, 0.717) is 18.3 Å². The van der Waals surface area contributed by atoms with E-state index in [9.17, 15) is 4.79 Å². The summed E-state index contributed by atoms with van der Waals surface area (Å²) >= 11 is 0. The van der Waals surface area contributed by atoms with Gasteiger partial charge in [0, 0.05) is 12.6 Å². The first-order valence-electron chi connectivity index (χ1n) is 4.14. The molecule has 0 aliphatic carbocycles. The second-order valence-electron chi connectivity index (χ2n) is 3.11. The lowest BCUT2D eigenvalue weighted by Crippen LogP contribution is -2.31. The van der Waals surface area contributed by atoms with Gasteiger partial charge in [-0.25, -0.2) is 4.79 Å². The van der Waals surface area contributed by atoms with Gasteiger partial charge in [-0.05, 0) is 5.92 Å². The molecule has 1 aromatic heterocycles. The molecule has 0 atom stereocenters. The number of aromatic nitrogens is 1. The van der Waals surface area contributed by atoms with Gasteiger partial charge in [0.05, 0.1) is 6.20 Å². The number of carbonyl (C=O) groups is 1. The predicted molar refractivity (Wildman–Crippen MR) is 48.4 cm³/mol. The molecule has 5 nitrogen and oxygen atoms in total. The molecule has 0 spiro atoms. The van der Waals surface area contributed by atoms with Crippen LogP contribution in [0, 0.1) is 5.92 Å². The summed E-state index contributed by atoms with van der Waals surface area (Å²) in [5.41, 5.74) is 0. The van der Waals surface area contributed by atoms with E-state index in [-0.39, 0.29) is 6.03 Å². The Morgan fingerprint density at radius 3 is 3.00 bits per heavy atom. The van der Waals surface area contributed by atoms with Crippen LogP contribution in [-0.4, -0.2) is 17.7 Å². The highest BCUT2D eigenvalue weighted by atomic mass is 16.5. The summed E-state index contributed by atoms with van der Waals surface area (Å²) in [4.78, 5) is 11.1. The first kappa shape index (κ1) is 9.57. The number of nitrogens with one attached hydrogen (secondary N) is 2. The third-order valence-electron chi connectivity index (χ3n) is 1.35. The van der Waals surface area contributed by atoms with E-state index in [1.165, 1.54) is 6.20 Å². The molecular formula is C8H13N3O2. The van der Waals surface area contributed by atoms with Crippen molar-refractivity contribution in [1.82, 2.24) is 10.5 Å². The summed E-state index contributed by atoms with van der Waals surface area (Å²) < 4.78 is 4.69. The van der Waals surface area contributed by atoms with Crippen LogP contribution in [0.4, 0.5) is 10.7 Å². The van der Waals surface area contributed by atoms with Crippen LogP contribution in [-0.2, 0) is 0 Å². The average Bonchev–Trinajstić information content (AvgIpc) is 2.53. The van der Waals surface area contributed by atoms with Gasteiger partial charge in [0.1, 0.15) is 0 Å². The minimum Gasteiger partial charge on any atom is -0.338 e. The summed E-state index contributed by atoms with van der Waals surface area (Å²) in [6, 6.07) is 1.31. The van der Waals surface area contributed by atoms with Gasteiger partial charge in [-0.3, -0.25) is 5.32 Å². The Bertz CT molecular complexity index is 256. The lowest BCUT2D eigenvalue weighted by molar-refractivity contribution is 0.250. The fourth-order valence-electron chi connectivity index (χ4n) is 0.733. The fraction of sp³-hybridized carbons (Fsp3) is 0.500. The highest BCUT2D eigenvalue weighted by Crippen LogP contribution is 2.02. The van der Waals surface area contributed by atoms with Gasteiger partial charge >= 0.3 is 6.03 Å². The van der Waals surface area contributed by atoms with E-state index in [0.717, 1.165) is 0 Å². The summed E-state index contributed by atoms with van der Waals surface area (Å²) in [7, 11) is 0. The first-order valence-corrected chi connectivity index (χ1v) is 4.14. The van der Waals surface area contributed by atoms with Gasteiger partial charge in [0.15, 0.2) is 0 Å². The molecule has 1 rings (SSSR count). The Hall–Kier alpha value is -1.52. The zero-order valence-corrected chi connectivity index (χ0v) is 7.70. The lowest BCUT2D eigenvalue weighted by Gasteiger charge is -2.06. The molecule has 0 aliphatic heterocycles. The van der Waals surface area contributed by atoms with Crippen LogP contribution >= 0.6 is 0 Å². The van der Waals surface area contributed by atoms with Gasteiger partial charge in [-0.15, -0.1) is 0 Å². The van der Waals surface area contributed by atoms with Crippen molar-refractivity contribution in [2.75, 3.05) is 11.9 Å². The van der Waals surface area contributed by atoms with Gasteiger partial charge in [-0.2, -0.15) is 0 Å². The van der Waals surface area contributed by atoms with Crippen molar-refractivity contribution < 1.29 is 9.32 Å². The van der Waals surface area contributed by atoms with Crippen LogP contribution < -0.4 is 10.6 Å². The normalized spacial score (nSPS) is 10.1. The second-order valence-corrected chi connectivity index (χ2v) is 3.11. The van der Waals surface area contributed by atoms with Crippen molar-refractivity contribution in [1.29, 1.82) is 0 Å². The van der Waals surface area contributed by atoms with Crippen molar-refractivity contribution in [3.63, 3.8) is 0 Å². The molecule has 0 bridgehead atoms. The molecule has 0 fully saturated rings. The molecule has 0 unspecified atom stereocenters. The van der Waals surface area contributed by atoms with E-state index in [2.05, 4.69) is 20.3 Å². The molecule has 72 valence electrons. The van der Waals surface area contributed by atoms with E-state index >= 15 is 0 Å². The number of carbonyl (C=O) groups excluding carboxylic acids is 1. The molecule has 5 heteroatoms. The molecule has 0 aliphatic rings. The third kappa shape index (κ3) is 3.59. The maximum absolute atomic E-state index is 11.1. The number of anilines is 1. The Kier molecular flexibility index (Phi) is 3.31. The van der Waals surface area contributed by atoms with Crippen LogP contribution in [0.2, 0.25) is 0 Å². The lowest BCUT2D eigenvalue weighted by atomic mass is 10.2. The predicted octanol–water partition coefficient (Wildman–Crippen LogP) is 1.45. The average molecular weight is 183 g/mol. The van der Waals surface area contributed by atoms with Crippen LogP contribution in [0.5, 0.6) is 0 Å². The molecule has 0 saturated carbocycles. The molecule has 1 heterocycles. The molecule has 2 N–H and O–H groups in total. The van der Waals surface area contributed by atoms with Crippen molar-refractivity contribution in [3.05, 3.63) is 12.3 Å². The highest BCUT2D eigenvalue weighted by Gasteiger charge is 2.03. The number of amides is 2. The maximum atomic E-state index is 11.1. The van der Waals surface area contributed by atoms with E-state index in [4.69, 9.17) is 0 Å². The quantitative estimate of drug-likeness (QED) is 0.745. The van der Waals surface area contributed by atoms with E-state index in [1.807, 2.05) is 13.8 Å². The molecule has 0 aromatic carbocycles. The van der Waals surface area contributed by atoms with Crippen molar-refractivity contribution in [2.45, 2.75) is 13.8 Å². The monoisotopic (exact) mass is 183 g/mol. The van der Waals surface area contributed by atoms with Crippen molar-refractivity contribution in [3.8, 4) is 0 Å². The topological polar surface area (TPSA) is 67.2 Å². The second kappa shape index (κ2) is 4.49. The van der Waals surface area contributed by atoms with Crippen LogP contribution in [0.15, 0.2) is 16.8 Å². The number of urea groups is 1. The van der Waals surface area contributed by atoms with Crippen molar-refractivity contribution in [2.24, 2.45) is 5.92 Å². The van der Waals surface area contributed by atoms with Crippen LogP contribution in [0.1, 0.15) is 13.8 Å².